The van der Waals surface area contributed by atoms with Gasteiger partial charge in [-0.3, -0.25) is 0 Å². The van der Waals surface area contributed by atoms with Crippen LogP contribution in [0.1, 0.15) is 20.7 Å². The summed E-state index contributed by atoms with van der Waals surface area (Å²) in [6.07, 6.45) is 0. The van der Waals surface area contributed by atoms with Crippen LogP contribution < -0.4 is 18.9 Å². The first kappa shape index (κ1) is 25.5. The van der Waals surface area contributed by atoms with Gasteiger partial charge in [0.15, 0.2) is 0 Å². The Morgan fingerprint density at radius 1 is 0.541 bits per heavy atom. The molecule has 0 heterocycles. The largest absolute Gasteiger partial charge is 0.497 e. The van der Waals surface area contributed by atoms with Gasteiger partial charge in [0.2, 0.25) is 9.84 Å². The maximum Gasteiger partial charge on any atom is 0.343 e. The minimum absolute atomic E-state index is 0.0165. The van der Waals surface area contributed by atoms with Crippen LogP contribution in [-0.4, -0.2) is 34.6 Å². The van der Waals surface area contributed by atoms with Crippen LogP contribution in [0.25, 0.3) is 0 Å². The topological polar surface area (TPSA) is 105 Å². The highest BCUT2D eigenvalue weighted by molar-refractivity contribution is 7.91. The molecule has 4 aromatic rings. The number of hydrogen-bond donors (Lipinski definition) is 0. The molecule has 4 aromatic carbocycles. The van der Waals surface area contributed by atoms with Gasteiger partial charge < -0.3 is 18.9 Å². The Morgan fingerprint density at radius 3 is 1.24 bits per heavy atom. The lowest BCUT2D eigenvalue weighted by molar-refractivity contribution is 0.0724. The van der Waals surface area contributed by atoms with Crippen LogP contribution in [0.3, 0.4) is 0 Å². The maximum absolute atomic E-state index is 13.1. The van der Waals surface area contributed by atoms with Gasteiger partial charge in [0, 0.05) is 12.1 Å². The summed E-state index contributed by atoms with van der Waals surface area (Å²) in [5.41, 5.74) is 0.356. The number of carbonyl (C=O) groups is 2. The second-order valence-electron chi connectivity index (χ2n) is 7.69. The fraction of sp³-hybridized carbons (Fsp3) is 0.0714. The summed E-state index contributed by atoms with van der Waals surface area (Å²) >= 11 is 0. The fourth-order valence-electron chi connectivity index (χ4n) is 3.34. The van der Waals surface area contributed by atoms with Crippen LogP contribution in [0.15, 0.2) is 107 Å². The van der Waals surface area contributed by atoms with Crippen LogP contribution in [0.2, 0.25) is 0 Å². The van der Waals surface area contributed by atoms with E-state index in [2.05, 4.69) is 0 Å². The van der Waals surface area contributed by atoms with E-state index in [0.29, 0.717) is 23.0 Å². The number of benzene rings is 4. The minimum Gasteiger partial charge on any atom is -0.497 e. The number of methoxy groups -OCH3 is 2. The van der Waals surface area contributed by atoms with E-state index in [0.717, 1.165) is 0 Å². The molecule has 0 fully saturated rings. The van der Waals surface area contributed by atoms with Gasteiger partial charge in [-0.25, -0.2) is 18.0 Å². The first-order chi connectivity index (χ1) is 17.8. The Balaban J connectivity index is 1.45. The van der Waals surface area contributed by atoms with Crippen molar-refractivity contribution in [1.29, 1.82) is 0 Å². The molecule has 37 heavy (non-hydrogen) atoms. The van der Waals surface area contributed by atoms with Gasteiger partial charge in [0.25, 0.3) is 0 Å². The monoisotopic (exact) mass is 518 g/mol. The molecule has 8 nitrogen and oxygen atoms in total. The second kappa shape index (κ2) is 11.0. The molecule has 0 N–H and O–H groups in total. The van der Waals surface area contributed by atoms with Crippen LogP contribution in [0.5, 0.6) is 23.0 Å². The third-order valence-corrected chi connectivity index (χ3v) is 7.09. The highest BCUT2D eigenvalue weighted by Gasteiger charge is 2.20. The molecule has 0 bridgehead atoms. The first-order valence-electron chi connectivity index (χ1n) is 11.0. The van der Waals surface area contributed by atoms with Gasteiger partial charge in [0.05, 0.1) is 35.1 Å². The van der Waals surface area contributed by atoms with E-state index in [-0.39, 0.29) is 20.9 Å². The summed E-state index contributed by atoms with van der Waals surface area (Å²) in [6, 6.07) is 23.9. The summed E-state index contributed by atoms with van der Waals surface area (Å²) in [5, 5.41) is 0. The van der Waals surface area contributed by atoms with Crippen LogP contribution in [0, 0.1) is 0 Å². The number of carbonyl (C=O) groups excluding carboxylic acids is 2. The lowest BCUT2D eigenvalue weighted by Crippen LogP contribution is -2.10. The van der Waals surface area contributed by atoms with Gasteiger partial charge in [-0.05, 0) is 72.8 Å². The molecule has 0 saturated carbocycles. The number of esters is 2. The average molecular weight is 519 g/mol. The Labute approximate surface area is 213 Å². The van der Waals surface area contributed by atoms with Crippen LogP contribution in [-0.2, 0) is 9.84 Å². The van der Waals surface area contributed by atoms with Gasteiger partial charge in [0.1, 0.15) is 23.0 Å². The quantitative estimate of drug-likeness (QED) is 0.238. The number of hydrogen-bond acceptors (Lipinski definition) is 8. The predicted molar refractivity (Wildman–Crippen MR) is 134 cm³/mol. The summed E-state index contributed by atoms with van der Waals surface area (Å²) < 4.78 is 47.0. The van der Waals surface area contributed by atoms with Crippen molar-refractivity contribution < 1.29 is 37.0 Å². The molecule has 0 aliphatic heterocycles. The SMILES string of the molecule is COc1cccc(OC(=O)c2ccc(S(=O)(=O)c3ccc(C(=O)Oc4cccc(OC)c4)cc3)cc2)c1. The number of rotatable bonds is 8. The smallest absolute Gasteiger partial charge is 0.343 e. The Morgan fingerprint density at radius 2 is 0.892 bits per heavy atom. The van der Waals surface area contributed by atoms with E-state index in [9.17, 15) is 18.0 Å². The van der Waals surface area contributed by atoms with Crippen molar-refractivity contribution in [2.45, 2.75) is 9.79 Å². The third-order valence-electron chi connectivity index (χ3n) is 5.30. The Bertz CT molecular complexity index is 1410. The van der Waals surface area contributed by atoms with Crippen molar-refractivity contribution in [1.82, 2.24) is 0 Å². The van der Waals surface area contributed by atoms with Gasteiger partial charge in [-0.2, -0.15) is 0 Å². The summed E-state index contributed by atoms with van der Waals surface area (Å²) in [7, 11) is -0.894. The molecular weight excluding hydrogens is 496 g/mol. The molecule has 0 radical (unpaired) electrons. The van der Waals surface area contributed by atoms with Gasteiger partial charge in [-0.15, -0.1) is 0 Å². The number of ether oxygens (including phenoxy) is 4. The maximum atomic E-state index is 13.1. The van der Waals surface area contributed by atoms with Crippen molar-refractivity contribution in [3.8, 4) is 23.0 Å². The minimum atomic E-state index is -3.90. The number of sulfone groups is 1. The van der Waals surface area contributed by atoms with Crippen molar-refractivity contribution in [2.75, 3.05) is 14.2 Å². The zero-order valence-corrected chi connectivity index (χ0v) is 20.7. The third kappa shape index (κ3) is 5.96. The van der Waals surface area contributed by atoms with Crippen molar-refractivity contribution >= 4 is 21.8 Å². The Hall–Kier alpha value is -4.63. The van der Waals surface area contributed by atoms with E-state index in [1.54, 1.807) is 48.5 Å². The molecule has 4 rings (SSSR count). The standard InChI is InChI=1S/C28H22O8S/c1-33-21-5-3-7-23(17-21)35-27(29)19-9-13-25(14-10-19)37(31,32)26-15-11-20(12-16-26)28(30)36-24-8-4-6-22(18-24)34-2/h3-18H,1-2H3. The average Bonchev–Trinajstić information content (AvgIpc) is 2.93. The molecular formula is C28H22O8S. The molecule has 0 saturated heterocycles. The summed E-state index contributed by atoms with van der Waals surface area (Å²) in [4.78, 5) is 24.9. The van der Waals surface area contributed by atoms with Crippen molar-refractivity contribution in [3.63, 3.8) is 0 Å². The molecule has 0 unspecified atom stereocenters. The molecule has 0 amide bonds. The Kier molecular flexibility index (Phi) is 7.55. The second-order valence-corrected chi connectivity index (χ2v) is 9.64. The molecule has 0 aliphatic rings. The molecule has 0 aromatic heterocycles. The first-order valence-corrected chi connectivity index (χ1v) is 12.5. The van der Waals surface area contributed by atoms with Gasteiger partial charge in [-0.1, -0.05) is 12.1 Å². The van der Waals surface area contributed by atoms with E-state index in [4.69, 9.17) is 18.9 Å². The zero-order valence-electron chi connectivity index (χ0n) is 19.9. The lowest BCUT2D eigenvalue weighted by atomic mass is 10.2. The summed E-state index contributed by atoms with van der Waals surface area (Å²) in [6.45, 7) is 0. The molecule has 0 atom stereocenters. The zero-order chi connectivity index (χ0) is 26.4. The molecule has 0 aliphatic carbocycles. The van der Waals surface area contributed by atoms with Crippen LogP contribution in [0.4, 0.5) is 0 Å². The normalized spacial score (nSPS) is 10.9. The molecule has 188 valence electrons. The van der Waals surface area contributed by atoms with Crippen LogP contribution >= 0.6 is 0 Å². The van der Waals surface area contributed by atoms with Crippen molar-refractivity contribution in [2.24, 2.45) is 0 Å². The highest BCUT2D eigenvalue weighted by Crippen LogP contribution is 2.24. The van der Waals surface area contributed by atoms with Crippen molar-refractivity contribution in [3.05, 3.63) is 108 Å². The fourth-order valence-corrected chi connectivity index (χ4v) is 4.60. The van der Waals surface area contributed by atoms with Gasteiger partial charge >= 0.3 is 11.9 Å². The lowest BCUT2D eigenvalue weighted by Gasteiger charge is -2.09. The molecule has 9 heteroatoms. The molecule has 0 spiro atoms. The van der Waals surface area contributed by atoms with E-state index >= 15 is 0 Å². The van der Waals surface area contributed by atoms with E-state index in [1.165, 1.54) is 62.8 Å². The highest BCUT2D eigenvalue weighted by atomic mass is 32.2. The van der Waals surface area contributed by atoms with E-state index in [1.807, 2.05) is 0 Å². The van der Waals surface area contributed by atoms with E-state index < -0.39 is 21.8 Å². The predicted octanol–water partition coefficient (Wildman–Crippen LogP) is 4.98. The summed E-state index contributed by atoms with van der Waals surface area (Å²) in [5.74, 6) is 0.377.